The van der Waals surface area contributed by atoms with Crippen molar-refractivity contribution < 1.29 is 23.4 Å². The zero-order valence-electron chi connectivity index (χ0n) is 12.9. The Kier molecular flexibility index (Phi) is 3.36. The smallest absolute Gasteiger partial charge is 0.338 e. The summed E-state index contributed by atoms with van der Waals surface area (Å²) in [6, 6.07) is 1.56. The molecule has 23 heavy (non-hydrogen) atoms. The van der Waals surface area contributed by atoms with Gasteiger partial charge in [0.15, 0.2) is 11.6 Å². The Hall–Kier alpha value is -1.65. The van der Waals surface area contributed by atoms with Crippen LogP contribution in [0.3, 0.4) is 0 Å². The van der Waals surface area contributed by atoms with Crippen LogP contribution >= 0.6 is 0 Å². The summed E-state index contributed by atoms with van der Waals surface area (Å²) < 4.78 is 33.4. The largest absolute Gasteiger partial charge is 0.490 e. The SMILES string of the molecule is O=C(O)c1cc(F)c(OCC23CC4CC(CC(C4)C2)C3)cc1F. The van der Waals surface area contributed by atoms with Crippen LogP contribution in [-0.4, -0.2) is 17.7 Å². The van der Waals surface area contributed by atoms with Crippen LogP contribution in [0.1, 0.15) is 48.9 Å². The van der Waals surface area contributed by atoms with Gasteiger partial charge in [-0.3, -0.25) is 0 Å². The molecule has 124 valence electrons. The molecule has 0 aliphatic heterocycles. The number of rotatable bonds is 4. The van der Waals surface area contributed by atoms with E-state index in [4.69, 9.17) is 9.84 Å². The molecule has 5 rings (SSSR count). The highest BCUT2D eigenvalue weighted by Crippen LogP contribution is 2.60. The molecule has 0 radical (unpaired) electrons. The topological polar surface area (TPSA) is 46.5 Å². The van der Waals surface area contributed by atoms with Crippen LogP contribution in [-0.2, 0) is 0 Å². The van der Waals surface area contributed by atoms with Crippen molar-refractivity contribution in [2.24, 2.45) is 23.2 Å². The molecule has 3 nitrogen and oxygen atoms in total. The van der Waals surface area contributed by atoms with E-state index in [9.17, 15) is 13.6 Å². The minimum absolute atomic E-state index is 0.100. The molecule has 0 spiro atoms. The van der Waals surface area contributed by atoms with Crippen molar-refractivity contribution in [3.63, 3.8) is 0 Å². The van der Waals surface area contributed by atoms with Gasteiger partial charge in [0.1, 0.15) is 5.82 Å². The number of hydrogen-bond acceptors (Lipinski definition) is 2. The lowest BCUT2D eigenvalue weighted by molar-refractivity contribution is -0.0750. The van der Waals surface area contributed by atoms with E-state index in [1.54, 1.807) is 0 Å². The average Bonchev–Trinajstić information content (AvgIpc) is 2.46. The summed E-state index contributed by atoms with van der Waals surface area (Å²) in [5, 5.41) is 8.82. The molecule has 5 heteroatoms. The Morgan fingerprint density at radius 3 is 2.17 bits per heavy atom. The molecule has 4 fully saturated rings. The minimum Gasteiger partial charge on any atom is -0.490 e. The van der Waals surface area contributed by atoms with Crippen LogP contribution in [0, 0.1) is 34.8 Å². The molecular weight excluding hydrogens is 302 g/mol. The van der Waals surface area contributed by atoms with Gasteiger partial charge in [-0.05, 0) is 62.3 Å². The fourth-order valence-electron chi connectivity index (χ4n) is 5.50. The summed E-state index contributed by atoms with van der Waals surface area (Å²) in [5.74, 6) is -1.13. The Labute approximate surface area is 133 Å². The molecule has 0 unspecified atom stereocenters. The lowest BCUT2D eigenvalue weighted by Gasteiger charge is -2.56. The third-order valence-electron chi connectivity index (χ3n) is 5.95. The predicted octanol–water partition coefficient (Wildman–Crippen LogP) is 4.26. The minimum atomic E-state index is -1.48. The number of carboxylic acid groups (broad SMARTS) is 1. The Balaban J connectivity index is 1.51. The number of aromatic carboxylic acids is 1. The summed E-state index contributed by atoms with van der Waals surface area (Å²) in [6.07, 6.45) is 7.31. The number of benzene rings is 1. The van der Waals surface area contributed by atoms with E-state index < -0.39 is 23.2 Å². The van der Waals surface area contributed by atoms with Gasteiger partial charge in [0.2, 0.25) is 0 Å². The van der Waals surface area contributed by atoms with Crippen molar-refractivity contribution in [3.05, 3.63) is 29.3 Å². The summed E-state index contributed by atoms with van der Waals surface area (Å²) in [6.45, 7) is 0.402. The first-order chi connectivity index (χ1) is 10.9. The van der Waals surface area contributed by atoms with Crippen LogP contribution in [0.15, 0.2) is 12.1 Å². The average molecular weight is 322 g/mol. The van der Waals surface area contributed by atoms with E-state index >= 15 is 0 Å². The standard InChI is InChI=1S/C18H20F2O3/c19-14-5-16(15(20)4-13(14)17(21)22)23-9-18-6-10-1-11(7-18)3-12(2-10)8-18/h4-5,10-12H,1-3,6-9H2,(H,21,22). The van der Waals surface area contributed by atoms with Gasteiger partial charge in [0, 0.05) is 11.5 Å². The lowest BCUT2D eigenvalue weighted by atomic mass is 9.50. The van der Waals surface area contributed by atoms with E-state index in [1.165, 1.54) is 19.3 Å². The molecule has 4 bridgehead atoms. The second kappa shape index (κ2) is 5.18. The number of hydrogen-bond donors (Lipinski definition) is 1. The van der Waals surface area contributed by atoms with Crippen LogP contribution in [0.4, 0.5) is 8.78 Å². The molecule has 0 heterocycles. The van der Waals surface area contributed by atoms with Gasteiger partial charge in [-0.15, -0.1) is 0 Å². The highest BCUT2D eigenvalue weighted by atomic mass is 19.1. The van der Waals surface area contributed by atoms with Gasteiger partial charge in [-0.2, -0.15) is 0 Å². The van der Waals surface area contributed by atoms with Crippen molar-refractivity contribution in [2.75, 3.05) is 6.61 Å². The maximum atomic E-state index is 14.0. The van der Waals surface area contributed by atoms with Gasteiger partial charge < -0.3 is 9.84 Å². The molecule has 4 aliphatic rings. The van der Waals surface area contributed by atoms with Crippen molar-refractivity contribution in [2.45, 2.75) is 38.5 Å². The Morgan fingerprint density at radius 2 is 1.65 bits per heavy atom. The van der Waals surface area contributed by atoms with Gasteiger partial charge >= 0.3 is 5.97 Å². The summed E-state index contributed by atoms with van der Waals surface area (Å²) in [5.41, 5.74) is -0.562. The van der Waals surface area contributed by atoms with Gasteiger partial charge in [0.05, 0.1) is 12.2 Å². The number of carboxylic acids is 1. The number of carbonyl (C=O) groups is 1. The maximum absolute atomic E-state index is 14.0. The quantitative estimate of drug-likeness (QED) is 0.901. The van der Waals surface area contributed by atoms with Crippen molar-refractivity contribution in [1.29, 1.82) is 0 Å². The first kappa shape index (κ1) is 14.9. The normalized spacial score (nSPS) is 34.6. The molecule has 4 aliphatic carbocycles. The van der Waals surface area contributed by atoms with E-state index in [0.29, 0.717) is 12.7 Å². The molecular formula is C18H20F2O3. The molecule has 4 saturated carbocycles. The first-order valence-electron chi connectivity index (χ1n) is 8.29. The molecule has 0 saturated heterocycles. The fourth-order valence-corrected chi connectivity index (χ4v) is 5.50. The van der Waals surface area contributed by atoms with Crippen molar-refractivity contribution in [1.82, 2.24) is 0 Å². The second-order valence-electron chi connectivity index (χ2n) is 7.77. The highest BCUT2D eigenvalue weighted by Gasteiger charge is 2.51. The maximum Gasteiger partial charge on any atom is 0.338 e. The Bertz CT molecular complexity index is 621. The highest BCUT2D eigenvalue weighted by molar-refractivity contribution is 5.88. The summed E-state index contributed by atoms with van der Waals surface area (Å²) in [4.78, 5) is 10.8. The summed E-state index contributed by atoms with van der Waals surface area (Å²) in [7, 11) is 0. The third kappa shape index (κ3) is 2.60. The fraction of sp³-hybridized carbons (Fsp3) is 0.611. The van der Waals surface area contributed by atoms with E-state index in [2.05, 4.69) is 0 Å². The molecule has 1 aromatic rings. The van der Waals surface area contributed by atoms with E-state index in [-0.39, 0.29) is 11.2 Å². The van der Waals surface area contributed by atoms with Crippen molar-refractivity contribution >= 4 is 5.97 Å². The van der Waals surface area contributed by atoms with Gasteiger partial charge in [-0.1, -0.05) is 0 Å². The second-order valence-corrected chi connectivity index (χ2v) is 7.77. The number of ether oxygens (including phenoxy) is 1. The molecule has 0 atom stereocenters. The zero-order chi connectivity index (χ0) is 16.2. The van der Waals surface area contributed by atoms with Crippen LogP contribution in [0.2, 0.25) is 0 Å². The van der Waals surface area contributed by atoms with Crippen LogP contribution in [0.25, 0.3) is 0 Å². The lowest BCUT2D eigenvalue weighted by Crippen LogP contribution is -2.48. The molecule has 1 aromatic carbocycles. The number of halogens is 2. The van der Waals surface area contributed by atoms with Gasteiger partial charge in [0.25, 0.3) is 0 Å². The molecule has 1 N–H and O–H groups in total. The Morgan fingerprint density at radius 1 is 1.09 bits per heavy atom. The zero-order valence-corrected chi connectivity index (χ0v) is 12.9. The first-order valence-corrected chi connectivity index (χ1v) is 8.29. The van der Waals surface area contributed by atoms with E-state index in [0.717, 1.165) is 43.1 Å². The van der Waals surface area contributed by atoms with Crippen LogP contribution in [0.5, 0.6) is 5.75 Å². The van der Waals surface area contributed by atoms with Crippen molar-refractivity contribution in [3.8, 4) is 5.75 Å². The van der Waals surface area contributed by atoms with Crippen LogP contribution < -0.4 is 4.74 Å². The monoisotopic (exact) mass is 322 g/mol. The van der Waals surface area contributed by atoms with E-state index in [1.807, 2.05) is 0 Å². The molecule has 0 aromatic heterocycles. The molecule has 0 amide bonds. The predicted molar refractivity (Wildman–Crippen MR) is 79.4 cm³/mol. The van der Waals surface area contributed by atoms with Gasteiger partial charge in [-0.25, -0.2) is 13.6 Å². The third-order valence-corrected chi connectivity index (χ3v) is 5.95. The summed E-state index contributed by atoms with van der Waals surface area (Å²) >= 11 is 0.